The highest BCUT2D eigenvalue weighted by Crippen LogP contribution is 2.44. The highest BCUT2D eigenvalue weighted by atomic mass is 32.2. The second-order valence-corrected chi connectivity index (χ2v) is 8.44. The molecule has 0 spiro atoms. The van der Waals surface area contributed by atoms with Crippen LogP contribution in [0, 0.1) is 6.92 Å². The number of sulfonamides is 1. The molecule has 0 aliphatic rings. The average molecular weight is 444 g/mol. The van der Waals surface area contributed by atoms with Gasteiger partial charge in [0.15, 0.2) is 0 Å². The number of rotatable bonds is 8. The van der Waals surface area contributed by atoms with Gasteiger partial charge in [0.1, 0.15) is 23.0 Å². The lowest BCUT2D eigenvalue weighted by Gasteiger charge is -2.28. The second-order valence-electron chi connectivity index (χ2n) is 6.66. The first-order valence-electron chi connectivity index (χ1n) is 9.41. The number of aryl methyl sites for hydroxylation is 1. The van der Waals surface area contributed by atoms with Gasteiger partial charge in [-0.15, -0.1) is 0 Å². The van der Waals surface area contributed by atoms with Crippen molar-refractivity contribution in [1.29, 1.82) is 0 Å². The van der Waals surface area contributed by atoms with Gasteiger partial charge in [0, 0.05) is 12.1 Å². The van der Waals surface area contributed by atoms with Crippen LogP contribution in [-0.4, -0.2) is 36.9 Å². The third-order valence-corrected chi connectivity index (χ3v) is 6.51. The fraction of sp³-hybridized carbons (Fsp3) is 0.217. The Kier molecular flexibility index (Phi) is 6.60. The number of hydrogen-bond donors (Lipinski definition) is 0. The lowest BCUT2D eigenvalue weighted by atomic mass is 10.2. The maximum absolute atomic E-state index is 13.8. The Morgan fingerprint density at radius 3 is 1.48 bits per heavy atom. The standard InChI is InChI=1S/C23H25NO6S/c1-16-6-10-19(11-7-16)31(25,26)24(20-12-8-17(27-2)14-22(20)29-4)21-13-9-18(28-3)15-23(21)30-5/h6-15H,1-5H3. The average Bonchev–Trinajstić information content (AvgIpc) is 2.79. The van der Waals surface area contributed by atoms with Crippen LogP contribution in [0.3, 0.4) is 0 Å². The first kappa shape index (κ1) is 22.3. The highest BCUT2D eigenvalue weighted by Gasteiger charge is 2.31. The van der Waals surface area contributed by atoms with E-state index in [1.807, 2.05) is 6.92 Å². The maximum Gasteiger partial charge on any atom is 0.268 e. The van der Waals surface area contributed by atoms with Crippen LogP contribution in [0.25, 0.3) is 0 Å². The van der Waals surface area contributed by atoms with Gasteiger partial charge < -0.3 is 18.9 Å². The molecule has 0 fully saturated rings. The molecule has 3 rings (SSSR count). The Balaban J connectivity index is 2.31. The summed E-state index contributed by atoms with van der Waals surface area (Å²) in [5.74, 6) is 1.73. The van der Waals surface area contributed by atoms with Gasteiger partial charge in [-0.05, 0) is 43.3 Å². The number of ether oxygens (including phenoxy) is 4. The van der Waals surface area contributed by atoms with E-state index in [1.54, 1.807) is 60.7 Å². The SMILES string of the molecule is COc1ccc(N(c2ccc(OC)cc2OC)S(=O)(=O)c2ccc(C)cc2)c(OC)c1. The molecule has 0 N–H and O–H groups in total. The molecule has 3 aromatic carbocycles. The number of methoxy groups -OCH3 is 4. The van der Waals surface area contributed by atoms with Crippen LogP contribution in [0.2, 0.25) is 0 Å². The second kappa shape index (κ2) is 9.18. The zero-order valence-corrected chi connectivity index (χ0v) is 18.9. The van der Waals surface area contributed by atoms with Crippen LogP contribution in [-0.2, 0) is 10.0 Å². The van der Waals surface area contributed by atoms with Crippen LogP contribution in [0.4, 0.5) is 11.4 Å². The summed E-state index contributed by atoms with van der Waals surface area (Å²) in [6.45, 7) is 1.90. The van der Waals surface area contributed by atoms with E-state index in [4.69, 9.17) is 18.9 Å². The molecular formula is C23H25NO6S. The first-order valence-corrected chi connectivity index (χ1v) is 10.9. The monoisotopic (exact) mass is 443 g/mol. The van der Waals surface area contributed by atoms with Crippen LogP contribution < -0.4 is 23.3 Å². The normalized spacial score (nSPS) is 11.0. The lowest BCUT2D eigenvalue weighted by Crippen LogP contribution is -2.27. The number of hydrogen-bond acceptors (Lipinski definition) is 6. The number of benzene rings is 3. The molecule has 0 bridgehead atoms. The fourth-order valence-corrected chi connectivity index (χ4v) is 4.62. The van der Waals surface area contributed by atoms with E-state index in [0.717, 1.165) is 5.56 Å². The molecule has 0 radical (unpaired) electrons. The molecule has 0 unspecified atom stereocenters. The Labute approximate surface area is 182 Å². The summed E-state index contributed by atoms with van der Waals surface area (Å²) in [6.07, 6.45) is 0. The van der Waals surface area contributed by atoms with Crippen molar-refractivity contribution in [3.05, 3.63) is 66.2 Å². The molecular weight excluding hydrogens is 418 g/mol. The molecule has 3 aromatic rings. The van der Waals surface area contributed by atoms with Gasteiger partial charge in [0.25, 0.3) is 10.0 Å². The van der Waals surface area contributed by atoms with Gasteiger partial charge in [0.05, 0.1) is 44.7 Å². The van der Waals surface area contributed by atoms with Crippen molar-refractivity contribution >= 4 is 21.4 Å². The Morgan fingerprint density at radius 2 is 1.10 bits per heavy atom. The maximum atomic E-state index is 13.8. The molecule has 0 aromatic heterocycles. The molecule has 0 aliphatic heterocycles. The van der Waals surface area contributed by atoms with Crippen LogP contribution in [0.15, 0.2) is 65.6 Å². The van der Waals surface area contributed by atoms with Crippen molar-refractivity contribution in [3.63, 3.8) is 0 Å². The predicted molar refractivity (Wildman–Crippen MR) is 120 cm³/mol. The van der Waals surface area contributed by atoms with E-state index < -0.39 is 10.0 Å². The highest BCUT2D eigenvalue weighted by molar-refractivity contribution is 7.93. The summed E-state index contributed by atoms with van der Waals surface area (Å²) >= 11 is 0. The van der Waals surface area contributed by atoms with Crippen molar-refractivity contribution in [2.45, 2.75) is 11.8 Å². The van der Waals surface area contributed by atoms with Gasteiger partial charge in [-0.2, -0.15) is 0 Å². The Morgan fingerprint density at radius 1 is 0.645 bits per heavy atom. The summed E-state index contributed by atoms with van der Waals surface area (Å²) in [6, 6.07) is 16.5. The van der Waals surface area contributed by atoms with Gasteiger partial charge in [-0.1, -0.05) is 17.7 Å². The third-order valence-electron chi connectivity index (χ3n) is 4.77. The molecule has 0 saturated carbocycles. The van der Waals surface area contributed by atoms with Gasteiger partial charge in [-0.3, -0.25) is 0 Å². The van der Waals surface area contributed by atoms with Gasteiger partial charge in [0.2, 0.25) is 0 Å². The van der Waals surface area contributed by atoms with Crippen molar-refractivity contribution in [3.8, 4) is 23.0 Å². The van der Waals surface area contributed by atoms with Gasteiger partial charge >= 0.3 is 0 Å². The van der Waals surface area contributed by atoms with E-state index in [9.17, 15) is 8.42 Å². The van der Waals surface area contributed by atoms with E-state index in [1.165, 1.54) is 32.7 Å². The molecule has 0 heterocycles. The third kappa shape index (κ3) is 4.39. The summed E-state index contributed by atoms with van der Waals surface area (Å²) in [5.41, 5.74) is 1.58. The minimum Gasteiger partial charge on any atom is -0.497 e. The molecule has 31 heavy (non-hydrogen) atoms. The zero-order chi connectivity index (χ0) is 22.6. The van der Waals surface area contributed by atoms with E-state index in [-0.39, 0.29) is 4.90 Å². The lowest BCUT2D eigenvalue weighted by molar-refractivity contribution is 0.393. The summed E-state index contributed by atoms with van der Waals surface area (Å²) in [7, 11) is 1.97. The molecule has 8 heteroatoms. The van der Waals surface area contributed by atoms with E-state index >= 15 is 0 Å². The topological polar surface area (TPSA) is 74.3 Å². The van der Waals surface area contributed by atoms with Crippen molar-refractivity contribution in [2.75, 3.05) is 32.7 Å². The first-order chi connectivity index (χ1) is 14.8. The molecule has 0 saturated heterocycles. The fourth-order valence-electron chi connectivity index (χ4n) is 3.11. The molecule has 0 amide bonds. The molecule has 0 atom stereocenters. The van der Waals surface area contributed by atoms with Gasteiger partial charge in [-0.25, -0.2) is 12.7 Å². The summed E-state index contributed by atoms with van der Waals surface area (Å²) in [5, 5.41) is 0. The largest absolute Gasteiger partial charge is 0.497 e. The van der Waals surface area contributed by atoms with Crippen LogP contribution >= 0.6 is 0 Å². The molecule has 0 aliphatic carbocycles. The number of nitrogens with zero attached hydrogens (tertiary/aromatic N) is 1. The number of anilines is 2. The minimum atomic E-state index is -4.04. The smallest absolute Gasteiger partial charge is 0.268 e. The summed E-state index contributed by atoms with van der Waals surface area (Å²) < 4.78 is 50.4. The van der Waals surface area contributed by atoms with Crippen LogP contribution in [0.1, 0.15) is 5.56 Å². The van der Waals surface area contributed by atoms with E-state index in [0.29, 0.717) is 34.4 Å². The zero-order valence-electron chi connectivity index (χ0n) is 18.1. The Bertz CT molecular complexity index is 1100. The molecule has 7 nitrogen and oxygen atoms in total. The predicted octanol–water partition coefficient (Wildman–Crippen LogP) is 4.56. The van der Waals surface area contributed by atoms with Crippen molar-refractivity contribution in [2.24, 2.45) is 0 Å². The van der Waals surface area contributed by atoms with E-state index in [2.05, 4.69) is 0 Å². The molecule has 164 valence electrons. The quantitative estimate of drug-likeness (QED) is 0.508. The summed E-state index contributed by atoms with van der Waals surface area (Å²) in [4.78, 5) is 0.133. The van der Waals surface area contributed by atoms with Crippen LogP contribution in [0.5, 0.6) is 23.0 Å². The Hall–Kier alpha value is -3.39. The van der Waals surface area contributed by atoms with Crippen molar-refractivity contribution < 1.29 is 27.4 Å². The minimum absolute atomic E-state index is 0.133. The van der Waals surface area contributed by atoms with Crippen molar-refractivity contribution in [1.82, 2.24) is 0 Å².